The Hall–Kier alpha value is -1.14. The number of thioether (sulfide) groups is 1. The van der Waals surface area contributed by atoms with Gasteiger partial charge in [0.25, 0.3) is 0 Å². The maximum Gasteiger partial charge on any atom is 0.133 e. The van der Waals surface area contributed by atoms with Gasteiger partial charge in [-0.15, -0.1) is 0 Å². The monoisotopic (exact) mass is 220 g/mol. The molecule has 0 aliphatic heterocycles. The summed E-state index contributed by atoms with van der Waals surface area (Å²) in [6.07, 6.45) is 2.16. The second kappa shape index (κ2) is 6.36. The van der Waals surface area contributed by atoms with Gasteiger partial charge in [0.1, 0.15) is 5.40 Å². The normalized spacial score (nSPS) is 12.0. The highest BCUT2D eigenvalue weighted by Gasteiger charge is 2.08. The molecule has 0 saturated heterocycles. The minimum absolute atomic E-state index is 0.548. The molecule has 0 aliphatic carbocycles. The van der Waals surface area contributed by atoms with Gasteiger partial charge >= 0.3 is 0 Å². The summed E-state index contributed by atoms with van der Waals surface area (Å²) in [5.41, 5.74) is 7.77. The highest BCUT2D eigenvalue weighted by molar-refractivity contribution is 8.03. The molecule has 0 radical (unpaired) electrons. The van der Waals surface area contributed by atoms with E-state index in [1.165, 1.54) is 17.3 Å². The van der Waals surface area contributed by atoms with Crippen molar-refractivity contribution in [1.82, 2.24) is 0 Å². The maximum absolute atomic E-state index is 8.46. The van der Waals surface area contributed by atoms with E-state index in [9.17, 15) is 0 Å². The third kappa shape index (κ3) is 3.85. The van der Waals surface area contributed by atoms with Gasteiger partial charge in [-0.05, 0) is 48.2 Å². The van der Waals surface area contributed by atoms with Crippen LogP contribution in [0.15, 0.2) is 24.3 Å². The Bertz CT molecular complexity index is 326. The summed E-state index contributed by atoms with van der Waals surface area (Å²) < 4.78 is 0. The van der Waals surface area contributed by atoms with Crippen LogP contribution in [0.1, 0.15) is 31.2 Å². The smallest absolute Gasteiger partial charge is 0.133 e. The van der Waals surface area contributed by atoms with Crippen molar-refractivity contribution in [3.8, 4) is 5.40 Å². The first-order chi connectivity index (χ1) is 7.27. The molecule has 0 fully saturated rings. The maximum atomic E-state index is 8.46. The Morgan fingerprint density at radius 1 is 1.40 bits per heavy atom. The summed E-state index contributed by atoms with van der Waals surface area (Å²) in [4.78, 5) is 0. The second-order valence-electron chi connectivity index (χ2n) is 3.50. The first-order valence-corrected chi connectivity index (χ1v) is 6.12. The van der Waals surface area contributed by atoms with Crippen molar-refractivity contribution in [2.75, 3.05) is 11.5 Å². The summed E-state index contributed by atoms with van der Waals surface area (Å²) >= 11 is 1.33. The molecule has 0 amide bonds. The Morgan fingerprint density at radius 2 is 2.07 bits per heavy atom. The van der Waals surface area contributed by atoms with E-state index < -0.39 is 0 Å². The molecule has 0 heterocycles. The number of nitrogens with zero attached hydrogens (tertiary/aromatic N) is 1. The minimum Gasteiger partial charge on any atom is -0.399 e. The van der Waals surface area contributed by atoms with Crippen LogP contribution in [0.4, 0.5) is 5.69 Å². The van der Waals surface area contributed by atoms with Crippen LogP contribution in [-0.4, -0.2) is 5.75 Å². The van der Waals surface area contributed by atoms with Gasteiger partial charge in [-0.3, -0.25) is 0 Å². The zero-order valence-corrected chi connectivity index (χ0v) is 9.76. The van der Waals surface area contributed by atoms with Crippen LogP contribution in [0.2, 0.25) is 0 Å². The molecule has 1 atom stereocenters. The van der Waals surface area contributed by atoms with Crippen molar-refractivity contribution in [2.24, 2.45) is 0 Å². The first kappa shape index (κ1) is 11.9. The molecule has 0 aliphatic rings. The molecule has 1 rings (SSSR count). The molecule has 0 aromatic heterocycles. The Labute approximate surface area is 95.5 Å². The lowest BCUT2D eigenvalue weighted by Crippen LogP contribution is -1.99. The number of hydrogen-bond acceptors (Lipinski definition) is 3. The van der Waals surface area contributed by atoms with Crippen LogP contribution in [0.25, 0.3) is 0 Å². The molecule has 15 heavy (non-hydrogen) atoms. The van der Waals surface area contributed by atoms with Gasteiger partial charge in [-0.25, -0.2) is 0 Å². The number of nitrogens with two attached hydrogens (primary N) is 1. The summed E-state index contributed by atoms with van der Waals surface area (Å²) in [6, 6.07) is 8.05. The number of nitrogen functional groups attached to an aromatic ring is 1. The Kier molecular flexibility index (Phi) is 5.06. The molecule has 1 unspecified atom stereocenters. The molecular formula is C12H16N2S. The number of anilines is 1. The van der Waals surface area contributed by atoms with Crippen LogP contribution in [0, 0.1) is 10.7 Å². The minimum atomic E-state index is 0.548. The number of benzene rings is 1. The number of rotatable bonds is 5. The fraction of sp³-hybridized carbons (Fsp3) is 0.417. The fourth-order valence-electron chi connectivity index (χ4n) is 1.62. The van der Waals surface area contributed by atoms with Crippen molar-refractivity contribution >= 4 is 17.4 Å². The van der Waals surface area contributed by atoms with Crippen molar-refractivity contribution in [3.63, 3.8) is 0 Å². The summed E-state index contributed by atoms with van der Waals surface area (Å²) in [7, 11) is 0. The van der Waals surface area contributed by atoms with Crippen molar-refractivity contribution < 1.29 is 0 Å². The van der Waals surface area contributed by atoms with E-state index in [1.807, 2.05) is 12.1 Å². The van der Waals surface area contributed by atoms with Crippen molar-refractivity contribution in [3.05, 3.63) is 29.8 Å². The largest absolute Gasteiger partial charge is 0.399 e. The molecule has 1 aromatic carbocycles. The van der Waals surface area contributed by atoms with Crippen LogP contribution in [0.5, 0.6) is 0 Å². The lowest BCUT2D eigenvalue weighted by molar-refractivity contribution is 0.648. The van der Waals surface area contributed by atoms with Crippen LogP contribution in [0.3, 0.4) is 0 Å². The van der Waals surface area contributed by atoms with Gasteiger partial charge in [0.2, 0.25) is 0 Å². The molecule has 0 saturated carbocycles. The highest BCUT2D eigenvalue weighted by atomic mass is 32.2. The first-order valence-electron chi connectivity index (χ1n) is 5.14. The third-order valence-corrected chi connectivity index (χ3v) is 3.10. The molecule has 0 bridgehead atoms. The van der Waals surface area contributed by atoms with E-state index in [2.05, 4.69) is 24.5 Å². The van der Waals surface area contributed by atoms with Crippen molar-refractivity contribution in [2.45, 2.75) is 25.7 Å². The molecule has 1 aromatic rings. The average molecular weight is 220 g/mol. The number of hydrogen-bond donors (Lipinski definition) is 1. The van der Waals surface area contributed by atoms with E-state index in [0.717, 1.165) is 24.3 Å². The lowest BCUT2D eigenvalue weighted by atomic mass is 9.94. The third-order valence-electron chi connectivity index (χ3n) is 2.53. The van der Waals surface area contributed by atoms with E-state index in [-0.39, 0.29) is 0 Å². The van der Waals surface area contributed by atoms with Crippen LogP contribution < -0.4 is 5.73 Å². The summed E-state index contributed by atoms with van der Waals surface area (Å²) in [6.45, 7) is 2.18. The van der Waals surface area contributed by atoms with E-state index in [1.54, 1.807) is 0 Å². The predicted molar refractivity (Wildman–Crippen MR) is 66.6 cm³/mol. The number of thiocyanates is 1. The topological polar surface area (TPSA) is 49.8 Å². The van der Waals surface area contributed by atoms with E-state index in [4.69, 9.17) is 11.0 Å². The van der Waals surface area contributed by atoms with Gasteiger partial charge in [-0.1, -0.05) is 19.1 Å². The van der Waals surface area contributed by atoms with Crippen molar-refractivity contribution in [1.29, 1.82) is 5.26 Å². The fourth-order valence-corrected chi connectivity index (χ4v) is 2.12. The van der Waals surface area contributed by atoms with E-state index >= 15 is 0 Å². The van der Waals surface area contributed by atoms with Crippen LogP contribution in [-0.2, 0) is 0 Å². The zero-order valence-electron chi connectivity index (χ0n) is 8.94. The zero-order chi connectivity index (χ0) is 11.1. The molecule has 2 N–H and O–H groups in total. The molecular weight excluding hydrogens is 204 g/mol. The molecule has 0 spiro atoms. The highest BCUT2D eigenvalue weighted by Crippen LogP contribution is 2.25. The standard InChI is InChI=1S/C12H16N2S/c1-2-10(7-8-15-9-13)11-3-5-12(14)6-4-11/h3-6,10H,2,7-8,14H2,1H3. The summed E-state index contributed by atoms with van der Waals surface area (Å²) in [5, 5.41) is 10.6. The van der Waals surface area contributed by atoms with E-state index in [0.29, 0.717) is 5.92 Å². The molecule has 3 heteroatoms. The van der Waals surface area contributed by atoms with Gasteiger partial charge < -0.3 is 5.73 Å². The Balaban J connectivity index is 2.58. The lowest BCUT2D eigenvalue weighted by Gasteiger charge is -2.14. The SMILES string of the molecule is CCC(CCSC#N)c1ccc(N)cc1. The summed E-state index contributed by atoms with van der Waals surface area (Å²) in [5.74, 6) is 1.45. The van der Waals surface area contributed by atoms with Crippen LogP contribution >= 0.6 is 11.8 Å². The predicted octanol–water partition coefficient (Wildman–Crippen LogP) is 3.37. The Morgan fingerprint density at radius 3 is 2.60 bits per heavy atom. The van der Waals surface area contributed by atoms with Gasteiger partial charge in [0, 0.05) is 11.4 Å². The molecule has 80 valence electrons. The number of nitriles is 1. The van der Waals surface area contributed by atoms with Gasteiger partial charge in [-0.2, -0.15) is 5.26 Å². The second-order valence-corrected chi connectivity index (χ2v) is 4.38. The average Bonchev–Trinajstić information content (AvgIpc) is 2.26. The quantitative estimate of drug-likeness (QED) is 0.470. The van der Waals surface area contributed by atoms with Gasteiger partial charge in [0.05, 0.1) is 0 Å². The molecule has 2 nitrogen and oxygen atoms in total. The van der Waals surface area contributed by atoms with Gasteiger partial charge in [0.15, 0.2) is 0 Å².